The molecule has 0 atom stereocenters. The number of aromatic amines is 1. The van der Waals surface area contributed by atoms with E-state index in [-0.39, 0.29) is 6.04 Å². The zero-order valence-electron chi connectivity index (χ0n) is 8.52. The Kier molecular flexibility index (Phi) is 2.15. The first kappa shape index (κ1) is 9.64. The fourth-order valence-corrected chi connectivity index (χ4v) is 1.55. The molecule has 0 aromatic carbocycles. The van der Waals surface area contributed by atoms with Crippen LogP contribution in [0.2, 0.25) is 0 Å². The summed E-state index contributed by atoms with van der Waals surface area (Å²) in [7, 11) is 0. The van der Waals surface area contributed by atoms with E-state index in [9.17, 15) is 9.59 Å². The summed E-state index contributed by atoms with van der Waals surface area (Å²) in [6, 6.07) is 3.35. The van der Waals surface area contributed by atoms with Gasteiger partial charge in [0.25, 0.3) is 0 Å². The molecule has 2 heterocycles. The van der Waals surface area contributed by atoms with E-state index in [4.69, 9.17) is 0 Å². The molecule has 0 spiro atoms. The van der Waals surface area contributed by atoms with Crippen molar-refractivity contribution >= 4 is 11.2 Å². The van der Waals surface area contributed by atoms with Crippen molar-refractivity contribution in [2.75, 3.05) is 0 Å². The van der Waals surface area contributed by atoms with Crippen LogP contribution < -0.4 is 11.1 Å². The lowest BCUT2D eigenvalue weighted by Crippen LogP contribution is -2.37. The van der Waals surface area contributed by atoms with Gasteiger partial charge in [-0.2, -0.15) is 0 Å². The normalized spacial score (nSPS) is 11.1. The molecule has 0 saturated heterocycles. The molecule has 5 heteroatoms. The monoisotopic (exact) mass is 205 g/mol. The Labute approximate surface area is 85.4 Å². The maximum absolute atomic E-state index is 11.6. The predicted octanol–water partition coefficient (Wildman–Crippen LogP) is 0.666. The summed E-state index contributed by atoms with van der Waals surface area (Å²) in [6.07, 6.45) is 1.60. The van der Waals surface area contributed by atoms with Gasteiger partial charge in [-0.25, -0.2) is 4.98 Å². The van der Waals surface area contributed by atoms with Gasteiger partial charge in [0.2, 0.25) is 0 Å². The number of hydrogen-bond donors (Lipinski definition) is 1. The predicted molar refractivity (Wildman–Crippen MR) is 57.0 cm³/mol. The third kappa shape index (κ3) is 1.45. The van der Waals surface area contributed by atoms with E-state index in [0.29, 0.717) is 11.2 Å². The molecule has 2 rings (SSSR count). The molecule has 0 fully saturated rings. The van der Waals surface area contributed by atoms with Crippen molar-refractivity contribution in [3.05, 3.63) is 39.0 Å². The molecule has 0 unspecified atom stereocenters. The number of pyridine rings is 1. The van der Waals surface area contributed by atoms with E-state index in [1.54, 1.807) is 18.3 Å². The molecule has 0 radical (unpaired) electrons. The first-order chi connectivity index (χ1) is 7.11. The molecule has 0 aliphatic rings. The number of rotatable bonds is 1. The average Bonchev–Trinajstić information content (AvgIpc) is 2.19. The summed E-state index contributed by atoms with van der Waals surface area (Å²) >= 11 is 0. The van der Waals surface area contributed by atoms with Crippen molar-refractivity contribution in [1.29, 1.82) is 0 Å². The Morgan fingerprint density at radius 1 is 1.40 bits per heavy atom. The van der Waals surface area contributed by atoms with Crippen LogP contribution in [0.25, 0.3) is 11.2 Å². The Balaban J connectivity index is 3.03. The minimum atomic E-state index is -0.607. The fraction of sp³-hybridized carbons (Fsp3) is 0.300. The molecule has 2 aromatic heterocycles. The van der Waals surface area contributed by atoms with Crippen LogP contribution in [0.3, 0.4) is 0 Å². The highest BCUT2D eigenvalue weighted by molar-refractivity contribution is 5.69. The smallest absolute Gasteiger partial charge is 0.315 e. The fourth-order valence-electron chi connectivity index (χ4n) is 1.55. The number of nitrogens with zero attached hydrogens (tertiary/aromatic N) is 2. The van der Waals surface area contributed by atoms with E-state index in [1.807, 2.05) is 13.8 Å². The molecular weight excluding hydrogens is 194 g/mol. The molecule has 5 nitrogen and oxygen atoms in total. The highest BCUT2D eigenvalue weighted by atomic mass is 16.2. The second-order valence-electron chi connectivity index (χ2n) is 3.60. The molecule has 0 amide bonds. The topological polar surface area (TPSA) is 67.8 Å². The lowest BCUT2D eigenvalue weighted by Gasteiger charge is -2.11. The summed E-state index contributed by atoms with van der Waals surface area (Å²) in [5, 5.41) is 0. The largest absolute Gasteiger partial charge is 0.318 e. The zero-order chi connectivity index (χ0) is 11.0. The summed E-state index contributed by atoms with van der Waals surface area (Å²) in [5.41, 5.74) is -0.0756. The van der Waals surface area contributed by atoms with Crippen LogP contribution in [-0.2, 0) is 0 Å². The summed E-state index contributed by atoms with van der Waals surface area (Å²) in [6.45, 7) is 3.68. The maximum Gasteiger partial charge on any atom is 0.318 e. The Morgan fingerprint density at radius 3 is 2.80 bits per heavy atom. The second-order valence-corrected chi connectivity index (χ2v) is 3.60. The lowest BCUT2D eigenvalue weighted by molar-refractivity contribution is 0.588. The summed E-state index contributed by atoms with van der Waals surface area (Å²) < 4.78 is 1.40. The Hall–Kier alpha value is -1.91. The molecule has 0 bridgehead atoms. The summed E-state index contributed by atoms with van der Waals surface area (Å²) in [5.74, 6) is 0. The quantitative estimate of drug-likeness (QED) is 0.695. The van der Waals surface area contributed by atoms with Gasteiger partial charge in [0.05, 0.1) is 5.52 Å². The van der Waals surface area contributed by atoms with Crippen LogP contribution in [-0.4, -0.2) is 14.5 Å². The van der Waals surface area contributed by atoms with E-state index in [2.05, 4.69) is 9.97 Å². The summed E-state index contributed by atoms with van der Waals surface area (Å²) in [4.78, 5) is 29.5. The number of fused-ring (bicyclic) bond motifs is 1. The van der Waals surface area contributed by atoms with Crippen LogP contribution >= 0.6 is 0 Å². The minimum Gasteiger partial charge on any atom is -0.315 e. The molecular formula is C10H11N3O2. The van der Waals surface area contributed by atoms with Gasteiger partial charge >= 0.3 is 11.1 Å². The van der Waals surface area contributed by atoms with Crippen LogP contribution in [0.4, 0.5) is 0 Å². The van der Waals surface area contributed by atoms with Crippen molar-refractivity contribution in [2.24, 2.45) is 0 Å². The Morgan fingerprint density at radius 2 is 2.13 bits per heavy atom. The number of hydrogen-bond acceptors (Lipinski definition) is 3. The van der Waals surface area contributed by atoms with E-state index < -0.39 is 11.1 Å². The van der Waals surface area contributed by atoms with Gasteiger partial charge in [-0.3, -0.25) is 14.2 Å². The van der Waals surface area contributed by atoms with Gasteiger partial charge in [-0.15, -0.1) is 0 Å². The lowest BCUT2D eigenvalue weighted by atomic mass is 10.3. The highest BCUT2D eigenvalue weighted by Gasteiger charge is 2.10. The first-order valence-electron chi connectivity index (χ1n) is 4.71. The third-order valence-electron chi connectivity index (χ3n) is 2.19. The number of aromatic nitrogens is 3. The van der Waals surface area contributed by atoms with E-state index in [0.717, 1.165) is 0 Å². The van der Waals surface area contributed by atoms with E-state index in [1.165, 1.54) is 4.57 Å². The number of H-pyrrole nitrogens is 1. The standard InChI is InChI=1S/C10H11N3O2/c1-6(2)13-8-7(4-3-5-11-8)12-9(14)10(13)15/h3-6H,1-2H3,(H,12,14). The third-order valence-corrected chi connectivity index (χ3v) is 2.19. The number of nitrogens with one attached hydrogen (secondary N) is 1. The zero-order valence-corrected chi connectivity index (χ0v) is 8.52. The molecule has 0 aliphatic carbocycles. The molecule has 1 N–H and O–H groups in total. The van der Waals surface area contributed by atoms with Crippen LogP contribution in [0, 0.1) is 0 Å². The van der Waals surface area contributed by atoms with Gasteiger partial charge < -0.3 is 4.98 Å². The van der Waals surface area contributed by atoms with Crippen molar-refractivity contribution in [3.8, 4) is 0 Å². The first-order valence-corrected chi connectivity index (χ1v) is 4.71. The van der Waals surface area contributed by atoms with E-state index >= 15 is 0 Å². The van der Waals surface area contributed by atoms with Gasteiger partial charge in [0.1, 0.15) is 0 Å². The minimum absolute atomic E-state index is 0.0859. The molecule has 78 valence electrons. The molecule has 15 heavy (non-hydrogen) atoms. The van der Waals surface area contributed by atoms with Crippen LogP contribution in [0.15, 0.2) is 27.9 Å². The average molecular weight is 205 g/mol. The second kappa shape index (κ2) is 3.34. The molecule has 0 saturated carbocycles. The van der Waals surface area contributed by atoms with Gasteiger partial charge in [-0.1, -0.05) is 0 Å². The van der Waals surface area contributed by atoms with Crippen molar-refractivity contribution in [1.82, 2.24) is 14.5 Å². The molecule has 0 aliphatic heterocycles. The maximum atomic E-state index is 11.6. The van der Waals surface area contributed by atoms with Gasteiger partial charge in [0.15, 0.2) is 5.65 Å². The SMILES string of the molecule is CC(C)n1c(=O)c(=O)[nH]c2cccnc21. The van der Waals surface area contributed by atoms with Crippen molar-refractivity contribution in [2.45, 2.75) is 19.9 Å². The van der Waals surface area contributed by atoms with Crippen LogP contribution in [0.1, 0.15) is 19.9 Å². The van der Waals surface area contributed by atoms with Crippen LogP contribution in [0.5, 0.6) is 0 Å². The Bertz CT molecular complexity index is 610. The highest BCUT2D eigenvalue weighted by Crippen LogP contribution is 2.08. The van der Waals surface area contributed by atoms with Gasteiger partial charge in [-0.05, 0) is 26.0 Å². The van der Waals surface area contributed by atoms with Crippen molar-refractivity contribution < 1.29 is 0 Å². The molecule has 2 aromatic rings. The van der Waals surface area contributed by atoms with Crippen molar-refractivity contribution in [3.63, 3.8) is 0 Å². The van der Waals surface area contributed by atoms with Gasteiger partial charge in [0, 0.05) is 12.2 Å².